The number of carbonyl (C=O) groups is 1. The Kier molecular flexibility index (Phi) is 6.78. The van der Waals surface area contributed by atoms with Crippen molar-refractivity contribution in [1.29, 1.82) is 0 Å². The van der Waals surface area contributed by atoms with Gasteiger partial charge in [0.15, 0.2) is 11.4 Å². The van der Waals surface area contributed by atoms with Crippen LogP contribution >= 0.6 is 11.6 Å². The van der Waals surface area contributed by atoms with Crippen molar-refractivity contribution in [1.82, 2.24) is 19.5 Å². The Bertz CT molecular complexity index is 1110. The fourth-order valence-corrected chi connectivity index (χ4v) is 3.99. The minimum absolute atomic E-state index is 0.0146. The Labute approximate surface area is 190 Å². The maximum atomic E-state index is 13.3. The van der Waals surface area contributed by atoms with Gasteiger partial charge < -0.3 is 24.8 Å². The van der Waals surface area contributed by atoms with E-state index in [0.717, 1.165) is 5.56 Å². The van der Waals surface area contributed by atoms with Crippen LogP contribution in [0.15, 0.2) is 36.5 Å². The number of aliphatic hydroxyl groups is 1. The number of aromatic nitrogens is 3. The number of ether oxygens (including phenoxy) is 2. The molecule has 1 aliphatic rings. The molecule has 2 atom stereocenters. The van der Waals surface area contributed by atoms with Crippen molar-refractivity contribution in [3.63, 3.8) is 0 Å². The van der Waals surface area contributed by atoms with Gasteiger partial charge in [-0.2, -0.15) is 4.98 Å². The molecule has 3 heterocycles. The number of rotatable bonds is 7. The van der Waals surface area contributed by atoms with Gasteiger partial charge in [0.2, 0.25) is 5.95 Å². The zero-order chi connectivity index (χ0) is 22.7. The largest absolute Gasteiger partial charge is 0.493 e. The van der Waals surface area contributed by atoms with Crippen molar-refractivity contribution < 1.29 is 19.4 Å². The molecule has 0 aliphatic carbocycles. The second-order valence-electron chi connectivity index (χ2n) is 7.75. The summed E-state index contributed by atoms with van der Waals surface area (Å²) < 4.78 is 12.7. The van der Waals surface area contributed by atoms with Crippen LogP contribution in [-0.2, 0) is 11.3 Å². The third kappa shape index (κ3) is 4.79. The van der Waals surface area contributed by atoms with E-state index in [4.69, 9.17) is 21.1 Å². The second kappa shape index (κ2) is 9.72. The van der Waals surface area contributed by atoms with Crippen molar-refractivity contribution in [3.05, 3.63) is 52.7 Å². The zero-order valence-corrected chi connectivity index (χ0v) is 18.7. The first-order valence-corrected chi connectivity index (χ1v) is 10.8. The fourth-order valence-electron chi connectivity index (χ4n) is 3.77. The summed E-state index contributed by atoms with van der Waals surface area (Å²) in [7, 11) is 1.53. The topological polar surface area (TPSA) is 101 Å². The summed E-state index contributed by atoms with van der Waals surface area (Å²) in [6.45, 7) is 3.26. The summed E-state index contributed by atoms with van der Waals surface area (Å²) in [5.74, 6) is 0.688. The highest BCUT2D eigenvalue weighted by molar-refractivity contribution is 6.30. The molecular formula is C22H26ClN5O4. The van der Waals surface area contributed by atoms with Crippen LogP contribution in [0.4, 0.5) is 5.95 Å². The highest BCUT2D eigenvalue weighted by atomic mass is 35.5. The third-order valence-corrected chi connectivity index (χ3v) is 5.63. The number of pyridine rings is 1. The molecule has 0 bridgehead atoms. The van der Waals surface area contributed by atoms with E-state index in [0.29, 0.717) is 54.0 Å². The molecule has 1 aromatic carbocycles. The molecule has 4 rings (SSSR count). The number of nitrogens with one attached hydrogen (secondary N) is 1. The Morgan fingerprint density at radius 1 is 1.41 bits per heavy atom. The Morgan fingerprint density at radius 3 is 3.00 bits per heavy atom. The summed E-state index contributed by atoms with van der Waals surface area (Å²) >= 11 is 6.04. The number of anilines is 1. The molecule has 9 nitrogen and oxygen atoms in total. The predicted molar refractivity (Wildman–Crippen MR) is 120 cm³/mol. The molecule has 1 aliphatic heterocycles. The number of amides is 1. The van der Waals surface area contributed by atoms with E-state index in [-0.39, 0.29) is 24.7 Å². The summed E-state index contributed by atoms with van der Waals surface area (Å²) in [6.07, 6.45) is 2.03. The number of hydrogen-bond acceptors (Lipinski definition) is 7. The summed E-state index contributed by atoms with van der Waals surface area (Å²) in [5.41, 5.74) is 1.92. The molecule has 3 aromatic rings. The van der Waals surface area contributed by atoms with Gasteiger partial charge in [-0.05, 0) is 37.1 Å². The van der Waals surface area contributed by atoms with Gasteiger partial charge in [-0.1, -0.05) is 23.7 Å². The van der Waals surface area contributed by atoms with Gasteiger partial charge in [0.1, 0.15) is 0 Å². The van der Waals surface area contributed by atoms with Crippen LogP contribution < -0.4 is 10.1 Å². The lowest BCUT2D eigenvalue weighted by Gasteiger charge is -2.38. The van der Waals surface area contributed by atoms with Gasteiger partial charge in [0.25, 0.3) is 5.91 Å². The van der Waals surface area contributed by atoms with Gasteiger partial charge in [-0.25, -0.2) is 4.52 Å². The van der Waals surface area contributed by atoms with Gasteiger partial charge in [-0.15, -0.1) is 5.10 Å². The smallest absolute Gasteiger partial charge is 0.255 e. The van der Waals surface area contributed by atoms with Crippen molar-refractivity contribution in [3.8, 4) is 5.75 Å². The predicted octanol–water partition coefficient (Wildman–Crippen LogP) is 2.62. The molecule has 2 unspecified atom stereocenters. The first kappa shape index (κ1) is 22.3. The first-order chi connectivity index (χ1) is 15.5. The molecule has 1 fully saturated rings. The molecule has 2 aromatic heterocycles. The number of halogens is 1. The standard InChI is InChI=1S/C22H26ClN5O4/c1-14-11-27(18(6-7-29)13-32-14)21(30)16-9-19(31-2)20-25-22(26-28(20)12-16)24-10-15-4-3-5-17(23)8-15/h3-5,8-9,12,14,18,29H,6-7,10-11,13H2,1-2H3,(H,24,26). The van der Waals surface area contributed by atoms with Crippen LogP contribution in [-0.4, -0.2) is 69.5 Å². The summed E-state index contributed by atoms with van der Waals surface area (Å²) in [5, 5.41) is 17.7. The Morgan fingerprint density at radius 2 is 2.25 bits per heavy atom. The average Bonchev–Trinajstić information content (AvgIpc) is 3.21. The Hall–Kier alpha value is -2.88. The molecule has 0 radical (unpaired) electrons. The van der Waals surface area contributed by atoms with Crippen LogP contribution in [0.3, 0.4) is 0 Å². The molecule has 0 spiro atoms. The number of benzene rings is 1. The molecule has 0 saturated carbocycles. The van der Waals surface area contributed by atoms with Gasteiger partial charge in [0.05, 0.1) is 31.4 Å². The number of hydrogen-bond donors (Lipinski definition) is 2. The van der Waals surface area contributed by atoms with Crippen LogP contribution in [0, 0.1) is 0 Å². The highest BCUT2D eigenvalue weighted by Crippen LogP contribution is 2.24. The molecule has 10 heteroatoms. The number of nitrogens with zero attached hydrogens (tertiary/aromatic N) is 4. The minimum Gasteiger partial charge on any atom is -0.493 e. The fraction of sp³-hybridized carbons (Fsp3) is 0.409. The maximum Gasteiger partial charge on any atom is 0.255 e. The number of aliphatic hydroxyl groups excluding tert-OH is 1. The lowest BCUT2D eigenvalue weighted by Crippen LogP contribution is -2.51. The normalized spacial score (nSPS) is 18.7. The van der Waals surface area contributed by atoms with E-state index >= 15 is 0 Å². The van der Waals surface area contributed by atoms with E-state index in [9.17, 15) is 9.90 Å². The van der Waals surface area contributed by atoms with E-state index < -0.39 is 0 Å². The van der Waals surface area contributed by atoms with Gasteiger partial charge >= 0.3 is 0 Å². The lowest BCUT2D eigenvalue weighted by atomic mass is 10.1. The van der Waals surface area contributed by atoms with E-state index in [1.165, 1.54) is 11.6 Å². The summed E-state index contributed by atoms with van der Waals surface area (Å²) in [6, 6.07) is 9.01. The van der Waals surface area contributed by atoms with Crippen LogP contribution in [0.5, 0.6) is 5.75 Å². The lowest BCUT2D eigenvalue weighted by molar-refractivity contribution is -0.0486. The molecule has 2 N–H and O–H groups in total. The van der Waals surface area contributed by atoms with Crippen molar-refractivity contribution in [2.75, 3.05) is 32.2 Å². The minimum atomic E-state index is -0.184. The van der Waals surface area contributed by atoms with Crippen LogP contribution in [0.2, 0.25) is 5.02 Å². The van der Waals surface area contributed by atoms with Crippen molar-refractivity contribution >= 4 is 29.1 Å². The maximum absolute atomic E-state index is 13.3. The molecular weight excluding hydrogens is 434 g/mol. The summed E-state index contributed by atoms with van der Waals surface area (Å²) in [4.78, 5) is 19.6. The third-order valence-electron chi connectivity index (χ3n) is 5.40. The first-order valence-electron chi connectivity index (χ1n) is 10.4. The molecule has 1 amide bonds. The number of carbonyl (C=O) groups excluding carboxylic acids is 1. The highest BCUT2D eigenvalue weighted by Gasteiger charge is 2.31. The monoisotopic (exact) mass is 459 g/mol. The number of morpholine rings is 1. The second-order valence-corrected chi connectivity index (χ2v) is 8.19. The van der Waals surface area contributed by atoms with Crippen LogP contribution in [0.1, 0.15) is 29.3 Å². The molecule has 170 valence electrons. The quantitative estimate of drug-likeness (QED) is 0.560. The van der Waals surface area contributed by atoms with E-state index in [2.05, 4.69) is 15.4 Å². The van der Waals surface area contributed by atoms with Crippen molar-refractivity contribution in [2.24, 2.45) is 0 Å². The van der Waals surface area contributed by atoms with Gasteiger partial charge in [-0.3, -0.25) is 4.79 Å². The van der Waals surface area contributed by atoms with Crippen LogP contribution in [0.25, 0.3) is 5.65 Å². The van der Waals surface area contributed by atoms with Gasteiger partial charge in [0, 0.05) is 30.9 Å². The van der Waals surface area contributed by atoms with E-state index in [1.807, 2.05) is 31.2 Å². The molecule has 32 heavy (non-hydrogen) atoms. The average molecular weight is 460 g/mol. The SMILES string of the molecule is COc1cc(C(=O)N2CC(C)OCC2CCO)cn2nc(NCc3cccc(Cl)c3)nc12. The van der Waals surface area contributed by atoms with E-state index in [1.54, 1.807) is 17.2 Å². The molecule has 1 saturated heterocycles. The zero-order valence-electron chi connectivity index (χ0n) is 18.0. The Balaban J connectivity index is 1.59. The number of fused-ring (bicyclic) bond motifs is 1. The van der Waals surface area contributed by atoms with Crippen molar-refractivity contribution in [2.45, 2.75) is 32.0 Å². The number of methoxy groups -OCH3 is 1.